The van der Waals surface area contributed by atoms with Crippen LogP contribution in [0.25, 0.3) is 0 Å². The van der Waals surface area contributed by atoms with E-state index in [2.05, 4.69) is 5.16 Å². The quantitative estimate of drug-likeness (QED) is 0.852. The molecule has 0 spiro atoms. The van der Waals surface area contributed by atoms with Crippen LogP contribution in [0.3, 0.4) is 0 Å². The molecule has 0 radical (unpaired) electrons. The molecule has 92 valence electrons. The van der Waals surface area contributed by atoms with Crippen molar-refractivity contribution in [2.24, 2.45) is 23.2 Å². The minimum Gasteiger partial charge on any atom is -0.368 e. The number of rotatable bonds is 2. The predicted octanol–water partition coefficient (Wildman–Crippen LogP) is 3.02. The Morgan fingerprint density at radius 1 is 1.18 bits per heavy atom. The van der Waals surface area contributed by atoms with Gasteiger partial charge in [0.1, 0.15) is 0 Å². The highest BCUT2D eigenvalue weighted by Gasteiger charge is 2.50. The summed E-state index contributed by atoms with van der Waals surface area (Å²) in [5.41, 5.74) is 7.23. The van der Waals surface area contributed by atoms with Gasteiger partial charge in [-0.05, 0) is 68.1 Å². The highest BCUT2D eigenvalue weighted by molar-refractivity contribution is 5.25. The zero-order valence-electron chi connectivity index (χ0n) is 10.2. The van der Waals surface area contributed by atoms with Crippen LogP contribution in [0.2, 0.25) is 0 Å². The Morgan fingerprint density at radius 3 is 2.24 bits per heavy atom. The summed E-state index contributed by atoms with van der Waals surface area (Å²) in [4.78, 5) is 0. The van der Waals surface area contributed by atoms with Crippen LogP contribution < -0.4 is 5.73 Å². The number of nitrogens with zero attached hydrogens (tertiary/aromatic N) is 1. The van der Waals surface area contributed by atoms with Gasteiger partial charge in [0.25, 0.3) is 0 Å². The van der Waals surface area contributed by atoms with E-state index in [0.29, 0.717) is 11.3 Å². The molecule has 4 aliphatic rings. The third-order valence-electron chi connectivity index (χ3n) is 5.30. The molecule has 0 aromatic carbocycles. The maximum atomic E-state index is 5.62. The topological polar surface area (TPSA) is 52.0 Å². The molecule has 4 bridgehead atoms. The summed E-state index contributed by atoms with van der Waals surface area (Å²) in [6.07, 6.45) is 9.86. The SMILES string of the molecule is Nc1cc(CC23CC4CC(CC(C4)C2)C3)no1. The average Bonchev–Trinajstić information content (AvgIpc) is 2.60. The minimum absolute atomic E-state index is 0.463. The van der Waals surface area contributed by atoms with E-state index in [4.69, 9.17) is 10.3 Å². The van der Waals surface area contributed by atoms with Crippen molar-refractivity contribution in [2.75, 3.05) is 5.73 Å². The molecule has 0 saturated heterocycles. The van der Waals surface area contributed by atoms with Gasteiger partial charge < -0.3 is 10.3 Å². The Balaban J connectivity index is 1.60. The number of aromatic nitrogens is 1. The van der Waals surface area contributed by atoms with Crippen molar-refractivity contribution < 1.29 is 4.52 Å². The number of hydrogen-bond acceptors (Lipinski definition) is 3. The Bertz CT molecular complexity index is 402. The van der Waals surface area contributed by atoms with Crippen molar-refractivity contribution in [1.82, 2.24) is 5.16 Å². The molecule has 0 aliphatic heterocycles. The Kier molecular flexibility index (Phi) is 1.92. The lowest BCUT2D eigenvalue weighted by Crippen LogP contribution is -2.47. The van der Waals surface area contributed by atoms with E-state index < -0.39 is 0 Å². The normalized spacial score (nSPS) is 43.2. The van der Waals surface area contributed by atoms with E-state index in [1.165, 1.54) is 38.5 Å². The van der Waals surface area contributed by atoms with Gasteiger partial charge in [0, 0.05) is 6.07 Å². The van der Waals surface area contributed by atoms with Gasteiger partial charge in [0.15, 0.2) is 0 Å². The number of hydrogen-bond donors (Lipinski definition) is 1. The zero-order chi connectivity index (χ0) is 11.5. The molecule has 0 amide bonds. The van der Waals surface area contributed by atoms with Gasteiger partial charge >= 0.3 is 0 Å². The molecule has 4 saturated carbocycles. The molecule has 4 aliphatic carbocycles. The van der Waals surface area contributed by atoms with Crippen molar-refractivity contribution in [1.29, 1.82) is 0 Å². The molecular formula is C14H20N2O. The number of anilines is 1. The first kappa shape index (κ1) is 9.98. The Hall–Kier alpha value is -0.990. The van der Waals surface area contributed by atoms with Gasteiger partial charge in [-0.2, -0.15) is 0 Å². The minimum atomic E-state index is 0.463. The predicted molar refractivity (Wildman–Crippen MR) is 65.2 cm³/mol. The fraction of sp³-hybridized carbons (Fsp3) is 0.786. The standard InChI is InChI=1S/C14H20N2O/c15-13-4-12(16-17-13)8-14-5-9-1-10(6-14)3-11(2-9)7-14/h4,9-11H,1-3,5-8,15H2. The van der Waals surface area contributed by atoms with Crippen LogP contribution in [-0.2, 0) is 6.42 Å². The van der Waals surface area contributed by atoms with E-state index in [-0.39, 0.29) is 0 Å². The molecule has 4 fully saturated rings. The molecule has 3 nitrogen and oxygen atoms in total. The second-order valence-corrected chi connectivity index (χ2v) is 6.81. The summed E-state index contributed by atoms with van der Waals surface area (Å²) in [6.45, 7) is 0. The van der Waals surface area contributed by atoms with Crippen molar-refractivity contribution in [3.05, 3.63) is 11.8 Å². The highest BCUT2D eigenvalue weighted by Crippen LogP contribution is 2.60. The van der Waals surface area contributed by atoms with Gasteiger partial charge in [-0.3, -0.25) is 0 Å². The third-order valence-corrected chi connectivity index (χ3v) is 5.30. The van der Waals surface area contributed by atoms with Crippen molar-refractivity contribution in [2.45, 2.75) is 44.9 Å². The lowest BCUT2D eigenvalue weighted by molar-refractivity contribution is -0.0529. The van der Waals surface area contributed by atoms with Crippen molar-refractivity contribution in [3.8, 4) is 0 Å². The summed E-state index contributed by atoms with van der Waals surface area (Å²) < 4.78 is 5.01. The van der Waals surface area contributed by atoms with Crippen LogP contribution in [-0.4, -0.2) is 5.16 Å². The lowest BCUT2D eigenvalue weighted by atomic mass is 9.48. The van der Waals surface area contributed by atoms with Crippen LogP contribution in [0.1, 0.15) is 44.2 Å². The van der Waals surface area contributed by atoms with Crippen molar-refractivity contribution >= 4 is 5.88 Å². The summed E-state index contributed by atoms with van der Waals surface area (Å²) in [5.74, 6) is 3.48. The molecule has 3 heteroatoms. The van der Waals surface area contributed by atoms with Crippen LogP contribution >= 0.6 is 0 Å². The van der Waals surface area contributed by atoms with Crippen LogP contribution in [0.4, 0.5) is 5.88 Å². The largest absolute Gasteiger partial charge is 0.368 e. The summed E-state index contributed by atoms with van der Waals surface area (Å²) in [5, 5.41) is 4.09. The fourth-order valence-electron chi connectivity index (χ4n) is 5.30. The number of nitrogens with two attached hydrogens (primary N) is 1. The summed E-state index contributed by atoms with van der Waals surface area (Å²) in [6, 6.07) is 1.92. The Labute approximate surface area is 102 Å². The maximum absolute atomic E-state index is 5.62. The first-order chi connectivity index (χ1) is 8.21. The van der Waals surface area contributed by atoms with E-state index in [1.807, 2.05) is 6.07 Å². The van der Waals surface area contributed by atoms with E-state index in [1.54, 1.807) is 0 Å². The first-order valence-electron chi connectivity index (χ1n) is 6.92. The van der Waals surface area contributed by atoms with Crippen LogP contribution in [0.5, 0.6) is 0 Å². The molecule has 5 rings (SSSR count). The zero-order valence-corrected chi connectivity index (χ0v) is 10.2. The smallest absolute Gasteiger partial charge is 0.222 e. The molecule has 1 aromatic heterocycles. The maximum Gasteiger partial charge on any atom is 0.222 e. The highest BCUT2D eigenvalue weighted by atomic mass is 16.5. The second kappa shape index (κ2) is 3.27. The summed E-state index contributed by atoms with van der Waals surface area (Å²) in [7, 11) is 0. The van der Waals surface area contributed by atoms with Gasteiger partial charge in [-0.25, -0.2) is 0 Å². The van der Waals surface area contributed by atoms with Crippen LogP contribution in [0, 0.1) is 23.2 Å². The molecule has 0 unspecified atom stereocenters. The van der Waals surface area contributed by atoms with Crippen LogP contribution in [0.15, 0.2) is 10.6 Å². The van der Waals surface area contributed by atoms with Gasteiger partial charge in [-0.1, -0.05) is 5.16 Å². The molecule has 1 aromatic rings. The van der Waals surface area contributed by atoms with Gasteiger partial charge in [0.05, 0.1) is 5.69 Å². The molecular weight excluding hydrogens is 212 g/mol. The van der Waals surface area contributed by atoms with Gasteiger partial charge in [0.2, 0.25) is 5.88 Å². The molecule has 17 heavy (non-hydrogen) atoms. The van der Waals surface area contributed by atoms with E-state index in [9.17, 15) is 0 Å². The van der Waals surface area contributed by atoms with E-state index >= 15 is 0 Å². The average molecular weight is 232 g/mol. The molecule has 1 heterocycles. The van der Waals surface area contributed by atoms with Crippen molar-refractivity contribution in [3.63, 3.8) is 0 Å². The van der Waals surface area contributed by atoms with Gasteiger partial charge in [-0.15, -0.1) is 0 Å². The van der Waals surface area contributed by atoms with E-state index in [0.717, 1.165) is 29.9 Å². The summed E-state index contributed by atoms with van der Waals surface area (Å²) >= 11 is 0. The molecule has 0 atom stereocenters. The fourth-order valence-corrected chi connectivity index (χ4v) is 5.30. The first-order valence-corrected chi connectivity index (χ1v) is 6.92. The lowest BCUT2D eigenvalue weighted by Gasteiger charge is -2.56. The monoisotopic (exact) mass is 232 g/mol. The third kappa shape index (κ3) is 1.59. The Morgan fingerprint density at radius 2 is 1.76 bits per heavy atom. The second-order valence-electron chi connectivity index (χ2n) is 6.81. The molecule has 2 N–H and O–H groups in total. The number of nitrogen functional groups attached to an aromatic ring is 1.